The first-order chi connectivity index (χ1) is 11.5. The van der Waals surface area contributed by atoms with Crippen LogP contribution < -0.4 is 20.1 Å². The molecule has 1 aromatic rings. The monoisotopic (exact) mass is 337 g/mol. The fraction of sp³-hybridized carbons (Fsp3) is 0.529. The zero-order chi connectivity index (χ0) is 17.9. The first kappa shape index (κ1) is 19.6. The second-order valence-electron chi connectivity index (χ2n) is 5.07. The van der Waals surface area contributed by atoms with Gasteiger partial charge in [-0.05, 0) is 26.0 Å². The maximum absolute atomic E-state index is 11.5. The molecular formula is C17H27N3O4. The third kappa shape index (κ3) is 5.98. The topological polar surface area (TPSA) is 81.2 Å². The molecule has 1 rings (SSSR count). The van der Waals surface area contributed by atoms with Crippen LogP contribution in [0.5, 0.6) is 11.5 Å². The van der Waals surface area contributed by atoms with Gasteiger partial charge in [-0.15, -0.1) is 0 Å². The average Bonchev–Trinajstić information content (AvgIpc) is 2.59. The molecule has 1 aromatic carbocycles. The average molecular weight is 337 g/mol. The molecule has 0 amide bonds. The van der Waals surface area contributed by atoms with E-state index in [1.807, 2.05) is 32.0 Å². The van der Waals surface area contributed by atoms with E-state index in [2.05, 4.69) is 15.6 Å². The van der Waals surface area contributed by atoms with Gasteiger partial charge in [0.15, 0.2) is 17.5 Å². The van der Waals surface area contributed by atoms with Crippen molar-refractivity contribution in [3.8, 4) is 11.5 Å². The van der Waals surface area contributed by atoms with Crippen LogP contribution in [-0.4, -0.2) is 45.8 Å². The van der Waals surface area contributed by atoms with E-state index in [0.717, 1.165) is 5.69 Å². The summed E-state index contributed by atoms with van der Waals surface area (Å²) >= 11 is 0. The lowest BCUT2D eigenvalue weighted by atomic mass is 10.2. The number of guanidine groups is 1. The smallest absolute Gasteiger partial charge is 0.310 e. The standard InChI is InChI=1S/C17H27N3O4/c1-6-18-17(19-11-12(3)16(21)23-5)20-13-8-9-14(22-4)15(10-13)24-7-2/h8-10,12H,6-7,11H2,1-5H3,(H2,18,19,20). The summed E-state index contributed by atoms with van der Waals surface area (Å²) in [6, 6.07) is 5.55. The number of benzene rings is 1. The summed E-state index contributed by atoms with van der Waals surface area (Å²) in [5.74, 6) is 1.33. The number of nitrogens with one attached hydrogen (secondary N) is 2. The summed E-state index contributed by atoms with van der Waals surface area (Å²) in [6.07, 6.45) is 0. The van der Waals surface area contributed by atoms with Crippen LogP contribution in [0.15, 0.2) is 23.2 Å². The molecule has 134 valence electrons. The van der Waals surface area contributed by atoms with Crippen molar-refractivity contribution in [2.24, 2.45) is 10.9 Å². The van der Waals surface area contributed by atoms with Gasteiger partial charge in [-0.3, -0.25) is 9.79 Å². The summed E-state index contributed by atoms with van der Waals surface area (Å²) < 4.78 is 15.6. The van der Waals surface area contributed by atoms with E-state index >= 15 is 0 Å². The molecule has 24 heavy (non-hydrogen) atoms. The number of rotatable bonds is 8. The molecule has 0 aliphatic carbocycles. The van der Waals surface area contributed by atoms with E-state index in [1.54, 1.807) is 14.0 Å². The molecule has 0 radical (unpaired) electrons. The minimum atomic E-state index is -0.305. The fourth-order valence-corrected chi connectivity index (χ4v) is 1.97. The Hall–Kier alpha value is -2.44. The molecule has 0 aliphatic heterocycles. The molecule has 1 unspecified atom stereocenters. The zero-order valence-corrected chi connectivity index (χ0v) is 15.0. The number of nitrogens with zero attached hydrogens (tertiary/aromatic N) is 1. The summed E-state index contributed by atoms with van der Waals surface area (Å²) in [4.78, 5) is 15.9. The molecule has 7 nitrogen and oxygen atoms in total. The zero-order valence-electron chi connectivity index (χ0n) is 15.0. The lowest BCUT2D eigenvalue weighted by molar-refractivity contribution is -0.144. The van der Waals surface area contributed by atoms with E-state index in [4.69, 9.17) is 14.2 Å². The van der Waals surface area contributed by atoms with Crippen LogP contribution in [-0.2, 0) is 9.53 Å². The predicted octanol–water partition coefficient (Wildman–Crippen LogP) is 2.28. The van der Waals surface area contributed by atoms with Crippen LogP contribution in [0.1, 0.15) is 20.8 Å². The Labute approximate surface area is 143 Å². The summed E-state index contributed by atoms with van der Waals surface area (Å²) in [7, 11) is 2.98. The molecule has 0 aromatic heterocycles. The minimum Gasteiger partial charge on any atom is -0.493 e. The highest BCUT2D eigenvalue weighted by Gasteiger charge is 2.13. The number of methoxy groups -OCH3 is 2. The van der Waals surface area contributed by atoms with Crippen LogP contribution in [0, 0.1) is 5.92 Å². The quantitative estimate of drug-likeness (QED) is 0.430. The van der Waals surface area contributed by atoms with Gasteiger partial charge in [0.05, 0.1) is 33.3 Å². The fourth-order valence-electron chi connectivity index (χ4n) is 1.97. The Morgan fingerprint density at radius 3 is 2.58 bits per heavy atom. The predicted molar refractivity (Wildman–Crippen MR) is 94.9 cm³/mol. The normalized spacial score (nSPS) is 12.3. The van der Waals surface area contributed by atoms with Crippen molar-refractivity contribution in [2.45, 2.75) is 20.8 Å². The summed E-state index contributed by atoms with van der Waals surface area (Å²) in [5, 5.41) is 6.33. The highest BCUT2D eigenvalue weighted by atomic mass is 16.5. The van der Waals surface area contributed by atoms with E-state index in [-0.39, 0.29) is 11.9 Å². The SMILES string of the molecule is CCNC(=NCC(C)C(=O)OC)Nc1ccc(OC)c(OCC)c1. The van der Waals surface area contributed by atoms with Crippen molar-refractivity contribution < 1.29 is 19.0 Å². The first-order valence-electron chi connectivity index (χ1n) is 7.99. The molecule has 0 heterocycles. The maximum Gasteiger partial charge on any atom is 0.310 e. The van der Waals surface area contributed by atoms with Gasteiger partial charge < -0.3 is 24.8 Å². The molecule has 0 aliphatic rings. The molecule has 0 saturated carbocycles. The van der Waals surface area contributed by atoms with E-state index in [9.17, 15) is 4.79 Å². The lowest BCUT2D eigenvalue weighted by Crippen LogP contribution is -2.31. The van der Waals surface area contributed by atoms with Crippen LogP contribution in [0.25, 0.3) is 0 Å². The number of carbonyl (C=O) groups excluding carboxylic acids is 1. The van der Waals surface area contributed by atoms with Gasteiger partial charge in [0, 0.05) is 18.3 Å². The van der Waals surface area contributed by atoms with E-state index in [1.165, 1.54) is 7.11 Å². The van der Waals surface area contributed by atoms with Crippen molar-refractivity contribution in [3.05, 3.63) is 18.2 Å². The second kappa shape index (κ2) is 10.4. The molecule has 1 atom stereocenters. The molecular weight excluding hydrogens is 310 g/mol. The minimum absolute atomic E-state index is 0.280. The van der Waals surface area contributed by atoms with Crippen LogP contribution in [0.3, 0.4) is 0 Å². The number of esters is 1. The largest absolute Gasteiger partial charge is 0.493 e. The van der Waals surface area contributed by atoms with Crippen molar-refractivity contribution in [1.29, 1.82) is 0 Å². The molecule has 0 saturated heterocycles. The highest BCUT2D eigenvalue weighted by molar-refractivity contribution is 5.94. The van der Waals surface area contributed by atoms with Crippen molar-refractivity contribution in [3.63, 3.8) is 0 Å². The first-order valence-corrected chi connectivity index (χ1v) is 7.99. The van der Waals surface area contributed by atoms with Gasteiger partial charge in [-0.1, -0.05) is 6.92 Å². The molecule has 7 heteroatoms. The van der Waals surface area contributed by atoms with Crippen LogP contribution >= 0.6 is 0 Å². The van der Waals surface area contributed by atoms with Gasteiger partial charge in [0.1, 0.15) is 0 Å². The van der Waals surface area contributed by atoms with Crippen molar-refractivity contribution in [2.75, 3.05) is 39.2 Å². The number of anilines is 1. The third-order valence-corrected chi connectivity index (χ3v) is 3.20. The lowest BCUT2D eigenvalue weighted by Gasteiger charge is -2.15. The molecule has 2 N–H and O–H groups in total. The van der Waals surface area contributed by atoms with E-state index < -0.39 is 0 Å². The van der Waals surface area contributed by atoms with Gasteiger partial charge in [0.25, 0.3) is 0 Å². The molecule has 0 spiro atoms. The second-order valence-corrected chi connectivity index (χ2v) is 5.07. The maximum atomic E-state index is 11.5. The van der Waals surface area contributed by atoms with Crippen LogP contribution in [0.2, 0.25) is 0 Å². The summed E-state index contributed by atoms with van der Waals surface area (Å²) in [6.45, 7) is 7.24. The number of aliphatic imine (C=N–C) groups is 1. The van der Waals surface area contributed by atoms with Crippen molar-refractivity contribution in [1.82, 2.24) is 5.32 Å². The number of hydrogen-bond acceptors (Lipinski definition) is 5. The Morgan fingerprint density at radius 1 is 1.25 bits per heavy atom. The molecule has 0 bridgehead atoms. The number of ether oxygens (including phenoxy) is 3. The Balaban J connectivity index is 2.87. The Kier molecular flexibility index (Phi) is 8.46. The Bertz CT molecular complexity index is 561. The summed E-state index contributed by atoms with van der Waals surface area (Å²) in [5.41, 5.74) is 0.810. The Morgan fingerprint density at radius 2 is 2.00 bits per heavy atom. The van der Waals surface area contributed by atoms with Gasteiger partial charge in [-0.25, -0.2) is 0 Å². The van der Waals surface area contributed by atoms with E-state index in [0.29, 0.717) is 37.2 Å². The number of carbonyl (C=O) groups is 1. The number of hydrogen-bond donors (Lipinski definition) is 2. The van der Waals surface area contributed by atoms with Crippen LogP contribution in [0.4, 0.5) is 5.69 Å². The van der Waals surface area contributed by atoms with Gasteiger partial charge >= 0.3 is 5.97 Å². The van der Waals surface area contributed by atoms with Gasteiger partial charge in [0.2, 0.25) is 0 Å². The highest BCUT2D eigenvalue weighted by Crippen LogP contribution is 2.30. The molecule has 0 fully saturated rings. The van der Waals surface area contributed by atoms with Gasteiger partial charge in [-0.2, -0.15) is 0 Å². The van der Waals surface area contributed by atoms with Crippen molar-refractivity contribution >= 4 is 17.6 Å². The third-order valence-electron chi connectivity index (χ3n) is 3.20.